The molecule has 0 aliphatic carbocycles. The molecule has 1 saturated heterocycles. The van der Waals surface area contributed by atoms with Crippen LogP contribution in [0.3, 0.4) is 0 Å². The predicted molar refractivity (Wildman–Crippen MR) is 151 cm³/mol. The molecule has 5 nitrogen and oxygen atoms in total. The van der Waals surface area contributed by atoms with Crippen LogP contribution in [0.25, 0.3) is 10.1 Å². The molecule has 192 valence electrons. The SMILES string of the molecule is COc1cccc([C@H](CN2CCN(C(=O)c3sc4ccccc4c3Cl)CC2)OCc2cccc(Cl)c2)c1. The third-order valence-corrected chi connectivity index (χ3v) is 8.52. The molecule has 1 aromatic heterocycles. The van der Waals surface area contributed by atoms with Crippen molar-refractivity contribution in [2.45, 2.75) is 12.7 Å². The number of piperazine rings is 1. The number of thiophene rings is 1. The van der Waals surface area contributed by atoms with E-state index in [1.54, 1.807) is 7.11 Å². The van der Waals surface area contributed by atoms with Crippen LogP contribution in [0.15, 0.2) is 72.8 Å². The van der Waals surface area contributed by atoms with E-state index in [0.29, 0.717) is 41.2 Å². The minimum Gasteiger partial charge on any atom is -0.497 e. The van der Waals surface area contributed by atoms with Crippen LogP contribution < -0.4 is 4.74 Å². The molecule has 0 bridgehead atoms. The van der Waals surface area contributed by atoms with E-state index in [4.69, 9.17) is 32.7 Å². The summed E-state index contributed by atoms with van der Waals surface area (Å²) >= 11 is 14.2. The Balaban J connectivity index is 1.25. The molecule has 2 heterocycles. The Labute approximate surface area is 231 Å². The van der Waals surface area contributed by atoms with Gasteiger partial charge in [0.05, 0.1) is 24.8 Å². The van der Waals surface area contributed by atoms with Gasteiger partial charge in [0, 0.05) is 47.8 Å². The van der Waals surface area contributed by atoms with Crippen molar-refractivity contribution >= 4 is 50.5 Å². The first-order chi connectivity index (χ1) is 18.0. The molecule has 1 aliphatic rings. The Bertz CT molecular complexity index is 1380. The first kappa shape index (κ1) is 26.0. The normalized spacial score (nSPS) is 15.2. The van der Waals surface area contributed by atoms with Gasteiger partial charge in [-0.15, -0.1) is 11.3 Å². The molecule has 8 heteroatoms. The Morgan fingerprint density at radius 1 is 0.973 bits per heavy atom. The van der Waals surface area contributed by atoms with Gasteiger partial charge in [0.15, 0.2) is 0 Å². The van der Waals surface area contributed by atoms with Crippen molar-refractivity contribution in [1.82, 2.24) is 9.80 Å². The first-order valence-corrected chi connectivity index (χ1v) is 13.8. The van der Waals surface area contributed by atoms with Gasteiger partial charge < -0.3 is 14.4 Å². The van der Waals surface area contributed by atoms with Crippen LogP contribution in [0.4, 0.5) is 0 Å². The molecule has 37 heavy (non-hydrogen) atoms. The highest BCUT2D eigenvalue weighted by Crippen LogP contribution is 2.36. The zero-order valence-electron chi connectivity index (χ0n) is 20.5. The third kappa shape index (κ3) is 6.11. The highest BCUT2D eigenvalue weighted by Gasteiger charge is 2.27. The maximum Gasteiger partial charge on any atom is 0.265 e. The fraction of sp³-hybridized carbons (Fsp3) is 0.276. The van der Waals surface area contributed by atoms with Crippen LogP contribution in [0.5, 0.6) is 5.75 Å². The largest absolute Gasteiger partial charge is 0.497 e. The van der Waals surface area contributed by atoms with Crippen LogP contribution in [-0.4, -0.2) is 55.5 Å². The van der Waals surface area contributed by atoms with Gasteiger partial charge in [-0.2, -0.15) is 0 Å². The lowest BCUT2D eigenvalue weighted by Gasteiger charge is -2.36. The summed E-state index contributed by atoms with van der Waals surface area (Å²) < 4.78 is 12.9. The minimum absolute atomic E-state index is 0.00685. The predicted octanol–water partition coefficient (Wildman–Crippen LogP) is 6.93. The van der Waals surface area contributed by atoms with Gasteiger partial charge in [0.2, 0.25) is 0 Å². The number of fused-ring (bicyclic) bond motifs is 1. The Hall–Kier alpha value is -2.61. The fourth-order valence-corrected chi connectivity index (χ4v) is 6.28. The molecule has 0 N–H and O–H groups in total. The highest BCUT2D eigenvalue weighted by atomic mass is 35.5. The van der Waals surface area contributed by atoms with Crippen molar-refractivity contribution in [1.29, 1.82) is 0 Å². The first-order valence-electron chi connectivity index (χ1n) is 12.2. The lowest BCUT2D eigenvalue weighted by molar-refractivity contribution is 0.00339. The van der Waals surface area contributed by atoms with Crippen molar-refractivity contribution in [2.24, 2.45) is 0 Å². The summed E-state index contributed by atoms with van der Waals surface area (Å²) in [5.41, 5.74) is 2.08. The number of hydrogen-bond acceptors (Lipinski definition) is 5. The number of carbonyl (C=O) groups is 1. The van der Waals surface area contributed by atoms with Crippen LogP contribution >= 0.6 is 34.5 Å². The van der Waals surface area contributed by atoms with E-state index in [9.17, 15) is 4.79 Å². The zero-order chi connectivity index (χ0) is 25.8. The average Bonchev–Trinajstić information content (AvgIpc) is 3.27. The van der Waals surface area contributed by atoms with Crippen molar-refractivity contribution in [3.8, 4) is 5.75 Å². The smallest absolute Gasteiger partial charge is 0.265 e. The van der Waals surface area contributed by atoms with E-state index < -0.39 is 0 Å². The zero-order valence-corrected chi connectivity index (χ0v) is 22.9. The molecular weight excluding hydrogens is 527 g/mol. The lowest BCUT2D eigenvalue weighted by atomic mass is 10.1. The van der Waals surface area contributed by atoms with E-state index in [2.05, 4.69) is 11.0 Å². The Morgan fingerprint density at radius 2 is 1.76 bits per heavy atom. The summed E-state index contributed by atoms with van der Waals surface area (Å²) in [6.07, 6.45) is -0.159. The molecule has 0 spiro atoms. The van der Waals surface area contributed by atoms with E-state index in [1.165, 1.54) is 11.3 Å². The molecule has 4 aromatic rings. The molecule has 0 radical (unpaired) electrons. The molecule has 3 aromatic carbocycles. The van der Waals surface area contributed by atoms with Crippen molar-refractivity contribution in [3.05, 3.63) is 98.8 Å². The van der Waals surface area contributed by atoms with Gasteiger partial charge in [-0.3, -0.25) is 9.69 Å². The van der Waals surface area contributed by atoms with Gasteiger partial charge in [-0.25, -0.2) is 0 Å². The summed E-state index contributed by atoms with van der Waals surface area (Å²) in [5.74, 6) is 0.803. The summed E-state index contributed by atoms with van der Waals surface area (Å²) in [7, 11) is 1.67. The quantitative estimate of drug-likeness (QED) is 0.236. The summed E-state index contributed by atoms with van der Waals surface area (Å²) in [6, 6.07) is 23.6. The van der Waals surface area contributed by atoms with E-state index in [1.807, 2.05) is 71.6 Å². The summed E-state index contributed by atoms with van der Waals surface area (Å²) in [5, 5.41) is 2.19. The number of carbonyl (C=O) groups excluding carboxylic acids is 1. The van der Waals surface area contributed by atoms with Crippen molar-refractivity contribution in [2.75, 3.05) is 39.8 Å². The maximum atomic E-state index is 13.3. The average molecular weight is 556 g/mol. The molecular formula is C29H28Cl2N2O3S. The second-order valence-corrected chi connectivity index (χ2v) is 10.9. The topological polar surface area (TPSA) is 42.0 Å². The molecule has 5 rings (SSSR count). The number of nitrogens with zero attached hydrogens (tertiary/aromatic N) is 2. The van der Waals surface area contributed by atoms with Crippen LogP contribution in [0.1, 0.15) is 26.9 Å². The Morgan fingerprint density at radius 3 is 2.51 bits per heavy atom. The number of benzene rings is 3. The minimum atomic E-state index is -0.159. The van der Waals surface area contributed by atoms with Gasteiger partial charge >= 0.3 is 0 Å². The molecule has 1 atom stereocenters. The fourth-order valence-electron chi connectivity index (χ4n) is 4.58. The van der Waals surface area contributed by atoms with Crippen LogP contribution in [0, 0.1) is 0 Å². The number of methoxy groups -OCH3 is 1. The van der Waals surface area contributed by atoms with Gasteiger partial charge in [0.1, 0.15) is 10.6 Å². The standard InChI is InChI=1S/C29H28Cl2N2O3S/c1-35-23-9-5-7-21(17-23)25(36-19-20-6-4-8-22(30)16-20)18-32-12-14-33(15-13-32)29(34)28-27(31)24-10-2-3-11-26(24)37-28/h2-11,16-17,25H,12-15,18-19H2,1H3/t25-/m0/s1. The lowest BCUT2D eigenvalue weighted by Crippen LogP contribution is -2.49. The number of amides is 1. The Kier molecular flexibility index (Phi) is 8.33. The number of rotatable bonds is 8. The number of hydrogen-bond donors (Lipinski definition) is 0. The molecule has 0 saturated carbocycles. The van der Waals surface area contributed by atoms with Crippen LogP contribution in [-0.2, 0) is 11.3 Å². The third-order valence-electron chi connectivity index (χ3n) is 6.62. The second kappa shape index (κ2) is 11.8. The van der Waals surface area contributed by atoms with Gasteiger partial charge in [0.25, 0.3) is 5.91 Å². The molecule has 1 fully saturated rings. The highest BCUT2D eigenvalue weighted by molar-refractivity contribution is 7.21. The van der Waals surface area contributed by atoms with Gasteiger partial charge in [-0.1, -0.05) is 65.7 Å². The molecule has 1 amide bonds. The monoisotopic (exact) mass is 554 g/mol. The summed E-state index contributed by atoms with van der Waals surface area (Å²) in [4.78, 5) is 18.2. The van der Waals surface area contributed by atoms with E-state index in [-0.39, 0.29) is 12.0 Å². The van der Waals surface area contributed by atoms with E-state index in [0.717, 1.165) is 40.1 Å². The number of ether oxygens (including phenoxy) is 2. The van der Waals surface area contributed by atoms with Gasteiger partial charge in [-0.05, 0) is 41.5 Å². The van der Waals surface area contributed by atoms with Crippen molar-refractivity contribution in [3.63, 3.8) is 0 Å². The van der Waals surface area contributed by atoms with Crippen molar-refractivity contribution < 1.29 is 14.3 Å². The van der Waals surface area contributed by atoms with Crippen LogP contribution in [0.2, 0.25) is 10.0 Å². The molecule has 1 aliphatic heterocycles. The number of halogens is 2. The van der Waals surface area contributed by atoms with E-state index >= 15 is 0 Å². The maximum absolute atomic E-state index is 13.3. The summed E-state index contributed by atoms with van der Waals surface area (Å²) in [6.45, 7) is 3.96. The molecule has 0 unspecified atom stereocenters. The second-order valence-electron chi connectivity index (χ2n) is 9.04.